The molecule has 0 amide bonds. The maximum absolute atomic E-state index is 2.41. The number of hydrogen-bond acceptors (Lipinski definition) is 0. The van der Waals surface area contributed by atoms with Crippen LogP contribution in [0.2, 0.25) is 0 Å². The third kappa shape index (κ3) is 10.2. The van der Waals surface area contributed by atoms with Gasteiger partial charge in [0.1, 0.15) is 0 Å². The summed E-state index contributed by atoms with van der Waals surface area (Å²) in [6, 6.07) is 20.1. The fourth-order valence-electron chi connectivity index (χ4n) is 3.42. The van der Waals surface area contributed by atoms with E-state index in [1.165, 1.54) is 66.3 Å². The second kappa shape index (κ2) is 17.6. The normalized spacial score (nSPS) is 9.83. The predicted octanol–water partition coefficient (Wildman–Crippen LogP) is 1.55. The minimum Gasteiger partial charge on any atom is -1.00 e. The molecule has 0 aliphatic rings. The second-order valence-electron chi connectivity index (χ2n) is 7.17. The summed E-state index contributed by atoms with van der Waals surface area (Å²) in [6.07, 6.45) is 9.28. The van der Waals surface area contributed by atoms with Crippen molar-refractivity contribution < 1.29 is 46.5 Å². The average molecular weight is 485 g/mol. The number of rotatable bonds is 8. The van der Waals surface area contributed by atoms with Gasteiger partial charge >= 0.3 is 21.7 Å². The summed E-state index contributed by atoms with van der Waals surface area (Å²) in [5.74, 6) is 0. The van der Waals surface area contributed by atoms with Crippen molar-refractivity contribution in [1.82, 2.24) is 0 Å². The molecule has 29 heavy (non-hydrogen) atoms. The Morgan fingerprint density at radius 1 is 0.897 bits per heavy atom. The third-order valence-electron chi connectivity index (χ3n) is 4.90. The van der Waals surface area contributed by atoms with Gasteiger partial charge in [-0.15, -0.1) is 40.3 Å². The average Bonchev–Trinajstić information content (AvgIpc) is 3.26. The van der Waals surface area contributed by atoms with E-state index in [2.05, 4.69) is 82.3 Å². The molecule has 0 aromatic heterocycles. The molecule has 4 heteroatoms. The van der Waals surface area contributed by atoms with E-state index >= 15 is 0 Å². The summed E-state index contributed by atoms with van der Waals surface area (Å²) in [4.78, 5) is 0. The van der Waals surface area contributed by atoms with Crippen LogP contribution in [0.15, 0.2) is 54.6 Å². The van der Waals surface area contributed by atoms with Gasteiger partial charge in [0, 0.05) is 0 Å². The number of hydrogen-bond donors (Lipinski definition) is 0. The Kier molecular flexibility index (Phi) is 18.8. The molecule has 0 nitrogen and oxygen atoms in total. The van der Waals surface area contributed by atoms with E-state index in [4.69, 9.17) is 0 Å². The SMILES string of the molecule is CCCC[c-]1cccc1C.CCCP(CCC)c1cc2ccccc2[cH-]1.[Cl-].[Cl-].[Ti+4]. The molecule has 3 aromatic rings. The summed E-state index contributed by atoms with van der Waals surface area (Å²) in [6.45, 7) is 9.02. The van der Waals surface area contributed by atoms with Gasteiger partial charge in [0.25, 0.3) is 0 Å². The van der Waals surface area contributed by atoms with Gasteiger partial charge < -0.3 is 24.8 Å². The first kappa shape index (κ1) is 31.1. The Bertz CT molecular complexity index is 724. The molecule has 0 unspecified atom stereocenters. The molecular formula is C25H35Cl2PTi. The standard InChI is InChI=1S/C15H20P.C10H15.2ClH.Ti/c1-3-9-16(10-4-2)15-11-13-7-5-6-8-14(13)12-15;1-3-4-7-10-8-5-6-9(10)2;;;/h5-8,11-12H,3-4,9-10H2,1-2H3;5-6,8H,3-4,7H2,1-2H3;2*1H;/q2*-1;;;+4/p-2. The van der Waals surface area contributed by atoms with Crippen LogP contribution in [-0.2, 0) is 28.1 Å². The van der Waals surface area contributed by atoms with Crippen LogP contribution >= 0.6 is 7.92 Å². The van der Waals surface area contributed by atoms with E-state index in [0.29, 0.717) is 0 Å². The summed E-state index contributed by atoms with van der Waals surface area (Å²) in [7, 11) is 0.0972. The molecular weight excluding hydrogens is 450 g/mol. The van der Waals surface area contributed by atoms with Gasteiger partial charge in [-0.25, -0.2) is 12.1 Å². The van der Waals surface area contributed by atoms with Crippen LogP contribution in [0.5, 0.6) is 0 Å². The molecule has 0 heterocycles. The summed E-state index contributed by atoms with van der Waals surface area (Å²) >= 11 is 0. The molecule has 0 bridgehead atoms. The van der Waals surface area contributed by atoms with Crippen molar-refractivity contribution in [3.8, 4) is 0 Å². The molecule has 0 spiro atoms. The molecule has 3 aromatic carbocycles. The van der Waals surface area contributed by atoms with E-state index in [9.17, 15) is 0 Å². The molecule has 0 radical (unpaired) electrons. The van der Waals surface area contributed by atoms with Crippen molar-refractivity contribution in [1.29, 1.82) is 0 Å². The Morgan fingerprint density at radius 2 is 1.55 bits per heavy atom. The third-order valence-corrected chi connectivity index (χ3v) is 7.87. The number of fused-ring (bicyclic) bond motifs is 1. The summed E-state index contributed by atoms with van der Waals surface area (Å²) in [5, 5.41) is 4.44. The summed E-state index contributed by atoms with van der Waals surface area (Å²) in [5.41, 5.74) is 2.98. The fraction of sp³-hybridized carbons (Fsp3) is 0.440. The van der Waals surface area contributed by atoms with Crippen molar-refractivity contribution in [3.63, 3.8) is 0 Å². The summed E-state index contributed by atoms with van der Waals surface area (Å²) < 4.78 is 0. The Balaban J connectivity index is 0. The molecule has 0 saturated heterocycles. The largest absolute Gasteiger partial charge is 4.00 e. The van der Waals surface area contributed by atoms with Crippen LogP contribution in [-0.4, -0.2) is 12.3 Å². The van der Waals surface area contributed by atoms with Gasteiger partial charge in [-0.05, 0) is 12.3 Å². The van der Waals surface area contributed by atoms with Gasteiger partial charge in [-0.2, -0.15) is 23.3 Å². The van der Waals surface area contributed by atoms with E-state index < -0.39 is 0 Å². The molecule has 0 atom stereocenters. The molecule has 0 aliphatic carbocycles. The van der Waals surface area contributed by atoms with Gasteiger partial charge in [0.2, 0.25) is 0 Å². The Morgan fingerprint density at radius 3 is 2.07 bits per heavy atom. The van der Waals surface area contributed by atoms with E-state index in [1.54, 1.807) is 5.30 Å². The van der Waals surface area contributed by atoms with Crippen molar-refractivity contribution in [2.45, 2.75) is 59.8 Å². The van der Waals surface area contributed by atoms with Crippen LogP contribution in [0.4, 0.5) is 0 Å². The minimum absolute atomic E-state index is 0. The zero-order chi connectivity index (χ0) is 18.8. The Hall–Kier alpha value is -0.0957. The zero-order valence-electron chi connectivity index (χ0n) is 18.3. The van der Waals surface area contributed by atoms with Crippen LogP contribution in [0.1, 0.15) is 57.6 Å². The van der Waals surface area contributed by atoms with E-state index in [-0.39, 0.29) is 54.5 Å². The zero-order valence-corrected chi connectivity index (χ0v) is 22.3. The van der Waals surface area contributed by atoms with Crippen molar-refractivity contribution in [2.24, 2.45) is 0 Å². The maximum atomic E-state index is 2.41. The van der Waals surface area contributed by atoms with Crippen molar-refractivity contribution >= 4 is 24.0 Å². The molecule has 0 N–H and O–H groups in total. The molecule has 0 aliphatic heterocycles. The number of unbranched alkanes of at least 4 members (excludes halogenated alkanes) is 1. The van der Waals surface area contributed by atoms with Crippen LogP contribution in [0, 0.1) is 6.92 Å². The van der Waals surface area contributed by atoms with E-state index in [0.717, 1.165) is 0 Å². The maximum Gasteiger partial charge on any atom is 4.00 e. The quantitative estimate of drug-likeness (QED) is 0.258. The first-order valence-corrected chi connectivity index (χ1v) is 12.0. The number of halogens is 2. The first-order valence-electron chi connectivity index (χ1n) is 10.3. The smallest absolute Gasteiger partial charge is 1.00 e. The van der Waals surface area contributed by atoms with Crippen LogP contribution < -0.4 is 30.1 Å². The fourth-order valence-corrected chi connectivity index (χ4v) is 5.88. The second-order valence-corrected chi connectivity index (χ2v) is 9.66. The topological polar surface area (TPSA) is 0 Å². The number of benzene rings is 1. The van der Waals surface area contributed by atoms with Gasteiger partial charge in [0.05, 0.1) is 0 Å². The van der Waals surface area contributed by atoms with Crippen LogP contribution in [0.25, 0.3) is 10.8 Å². The predicted molar refractivity (Wildman–Crippen MR) is 122 cm³/mol. The van der Waals surface area contributed by atoms with E-state index in [1.807, 2.05) is 0 Å². The number of aryl methyl sites for hydroxylation is 2. The van der Waals surface area contributed by atoms with Crippen LogP contribution in [0.3, 0.4) is 0 Å². The van der Waals surface area contributed by atoms with Crippen molar-refractivity contribution in [3.05, 3.63) is 65.7 Å². The van der Waals surface area contributed by atoms with Gasteiger partial charge in [0.15, 0.2) is 0 Å². The molecule has 3 rings (SSSR count). The molecule has 158 valence electrons. The monoisotopic (exact) mass is 484 g/mol. The van der Waals surface area contributed by atoms with Crippen molar-refractivity contribution in [2.75, 3.05) is 12.3 Å². The molecule has 0 saturated carbocycles. The molecule has 0 fully saturated rings. The van der Waals surface area contributed by atoms with Gasteiger partial charge in [-0.1, -0.05) is 73.8 Å². The minimum atomic E-state index is 0. The first-order chi connectivity index (χ1) is 12.7. The van der Waals surface area contributed by atoms with Gasteiger partial charge in [-0.3, -0.25) is 0 Å². The Labute approximate surface area is 207 Å².